The van der Waals surface area contributed by atoms with Gasteiger partial charge in [-0.2, -0.15) is 0 Å². The Bertz CT molecular complexity index is 394. The fraction of sp³-hybridized carbons (Fsp3) is 0.800. The van der Waals surface area contributed by atoms with Crippen molar-refractivity contribution in [2.75, 3.05) is 0 Å². The fourth-order valence-corrected chi connectivity index (χ4v) is 4.06. The molecule has 1 aliphatic heterocycles. The predicted molar refractivity (Wildman–Crippen MR) is 70.3 cm³/mol. The summed E-state index contributed by atoms with van der Waals surface area (Å²) in [6, 6.07) is 0.654. The third kappa shape index (κ3) is 1.73. The number of nitrogens with zero attached hydrogens (tertiary/aromatic N) is 2. The topological polar surface area (TPSA) is 17.8 Å². The summed E-state index contributed by atoms with van der Waals surface area (Å²) in [5, 5.41) is 0. The molecule has 3 rings (SSSR count). The summed E-state index contributed by atoms with van der Waals surface area (Å²) in [4.78, 5) is 4.96. The van der Waals surface area contributed by atoms with E-state index in [4.69, 9.17) is 4.98 Å². The van der Waals surface area contributed by atoms with Gasteiger partial charge in [-0.15, -0.1) is 0 Å². The first-order valence-corrected chi connectivity index (χ1v) is 7.16. The summed E-state index contributed by atoms with van der Waals surface area (Å²) in [7, 11) is 0. The molecule has 1 aliphatic carbocycles. The van der Waals surface area contributed by atoms with E-state index in [2.05, 4.69) is 32.3 Å². The van der Waals surface area contributed by atoms with Gasteiger partial charge in [0.05, 0.1) is 5.69 Å². The van der Waals surface area contributed by atoms with Crippen LogP contribution in [0, 0.1) is 11.8 Å². The first-order chi connectivity index (χ1) is 8.06. The minimum absolute atomic E-state index is 0.654. The van der Waals surface area contributed by atoms with Crippen LogP contribution in [0.1, 0.15) is 69.7 Å². The van der Waals surface area contributed by atoms with Gasteiger partial charge in [0.2, 0.25) is 0 Å². The average Bonchev–Trinajstić information content (AvgIpc) is 2.55. The Morgan fingerprint density at radius 2 is 1.71 bits per heavy atom. The van der Waals surface area contributed by atoms with Crippen molar-refractivity contribution in [2.24, 2.45) is 11.8 Å². The first kappa shape index (κ1) is 11.3. The minimum Gasteiger partial charge on any atom is -0.329 e. The predicted octanol–water partition coefficient (Wildman–Crippen LogP) is 3.71. The van der Waals surface area contributed by atoms with Gasteiger partial charge in [0.25, 0.3) is 0 Å². The summed E-state index contributed by atoms with van der Waals surface area (Å²) in [6.45, 7) is 9.48. The fourth-order valence-electron chi connectivity index (χ4n) is 4.06. The van der Waals surface area contributed by atoms with Crippen molar-refractivity contribution >= 4 is 0 Å². The Balaban J connectivity index is 2.09. The van der Waals surface area contributed by atoms with Crippen LogP contribution in [0.3, 0.4) is 0 Å². The van der Waals surface area contributed by atoms with Gasteiger partial charge in [-0.3, -0.25) is 0 Å². The average molecular weight is 232 g/mol. The molecule has 4 unspecified atom stereocenters. The van der Waals surface area contributed by atoms with Crippen LogP contribution >= 0.6 is 0 Å². The van der Waals surface area contributed by atoms with Crippen LogP contribution in [0.5, 0.6) is 0 Å². The number of rotatable bonds is 0. The molecule has 0 N–H and O–H groups in total. The largest absolute Gasteiger partial charge is 0.329 e. The molecule has 17 heavy (non-hydrogen) atoms. The Hall–Kier alpha value is -0.790. The molecule has 0 spiro atoms. The third-order valence-electron chi connectivity index (χ3n) is 4.58. The quantitative estimate of drug-likeness (QED) is 0.666. The Kier molecular flexibility index (Phi) is 2.57. The Labute approximate surface area is 104 Å². The maximum Gasteiger partial charge on any atom is 0.109 e. The zero-order valence-corrected chi connectivity index (χ0v) is 11.5. The second-order valence-corrected chi connectivity index (χ2v) is 6.57. The van der Waals surface area contributed by atoms with E-state index in [1.165, 1.54) is 37.2 Å². The van der Waals surface area contributed by atoms with E-state index in [0.29, 0.717) is 12.0 Å². The van der Waals surface area contributed by atoms with E-state index < -0.39 is 0 Å². The third-order valence-corrected chi connectivity index (χ3v) is 4.58. The van der Waals surface area contributed by atoms with Gasteiger partial charge in [0.15, 0.2) is 0 Å². The summed E-state index contributed by atoms with van der Waals surface area (Å²) < 4.78 is 2.58. The maximum atomic E-state index is 4.96. The normalized spacial score (nSPS) is 36.5. The molecule has 0 bridgehead atoms. The van der Waals surface area contributed by atoms with Crippen molar-refractivity contribution < 1.29 is 0 Å². The smallest absolute Gasteiger partial charge is 0.109 e. The monoisotopic (exact) mass is 232 g/mol. The molecular formula is C15H24N2. The lowest BCUT2D eigenvalue weighted by Gasteiger charge is -2.32. The lowest BCUT2D eigenvalue weighted by molar-refractivity contribution is 0.325. The highest BCUT2D eigenvalue weighted by atomic mass is 15.1. The zero-order valence-electron chi connectivity index (χ0n) is 11.5. The number of hydrogen-bond acceptors (Lipinski definition) is 1. The Morgan fingerprint density at radius 3 is 2.47 bits per heavy atom. The van der Waals surface area contributed by atoms with Gasteiger partial charge in [-0.1, -0.05) is 20.8 Å². The van der Waals surface area contributed by atoms with Crippen LogP contribution in [-0.4, -0.2) is 9.55 Å². The van der Waals surface area contributed by atoms with E-state index in [-0.39, 0.29) is 0 Å². The van der Waals surface area contributed by atoms with Crippen LogP contribution in [-0.2, 0) is 12.8 Å². The maximum absolute atomic E-state index is 4.96. The number of aromatic nitrogens is 2. The van der Waals surface area contributed by atoms with E-state index >= 15 is 0 Å². The van der Waals surface area contributed by atoms with Crippen molar-refractivity contribution in [1.82, 2.24) is 9.55 Å². The van der Waals surface area contributed by atoms with Gasteiger partial charge in [0, 0.05) is 18.2 Å². The van der Waals surface area contributed by atoms with Gasteiger partial charge in [-0.05, 0) is 43.9 Å². The standard InChI is InChI=1S/C15H24N2/c1-9-5-11(3)15-13(7-9)16-14-8-10(2)6-12(4)17(14)15/h9-12H,5-8H2,1-4H3. The summed E-state index contributed by atoms with van der Waals surface area (Å²) >= 11 is 0. The molecule has 94 valence electrons. The van der Waals surface area contributed by atoms with Crippen molar-refractivity contribution in [1.29, 1.82) is 0 Å². The lowest BCUT2D eigenvalue weighted by Crippen LogP contribution is -2.25. The molecule has 0 saturated carbocycles. The van der Waals surface area contributed by atoms with Gasteiger partial charge in [-0.25, -0.2) is 4.98 Å². The number of imidazole rings is 1. The number of hydrogen-bond donors (Lipinski definition) is 0. The molecule has 1 aromatic rings. The zero-order chi connectivity index (χ0) is 12.2. The second-order valence-electron chi connectivity index (χ2n) is 6.57. The van der Waals surface area contributed by atoms with Crippen molar-refractivity contribution in [3.8, 4) is 0 Å². The SMILES string of the molecule is CC1Cc2nc3n(c2C(C)C1)C(C)CC(C)C3. The molecule has 4 atom stereocenters. The molecule has 1 aromatic heterocycles. The van der Waals surface area contributed by atoms with Gasteiger partial charge < -0.3 is 4.57 Å². The van der Waals surface area contributed by atoms with E-state index in [1.807, 2.05) is 0 Å². The van der Waals surface area contributed by atoms with E-state index in [9.17, 15) is 0 Å². The van der Waals surface area contributed by atoms with E-state index in [1.54, 1.807) is 5.69 Å². The molecule has 0 amide bonds. The molecule has 2 heterocycles. The summed E-state index contributed by atoms with van der Waals surface area (Å²) in [5.74, 6) is 3.67. The van der Waals surface area contributed by atoms with Crippen LogP contribution in [0.25, 0.3) is 0 Å². The summed E-state index contributed by atoms with van der Waals surface area (Å²) in [6.07, 6.45) is 5.03. The van der Waals surface area contributed by atoms with E-state index in [0.717, 1.165) is 11.8 Å². The highest BCUT2D eigenvalue weighted by molar-refractivity contribution is 5.26. The molecule has 0 radical (unpaired) electrons. The molecule has 2 heteroatoms. The van der Waals surface area contributed by atoms with Crippen LogP contribution in [0.2, 0.25) is 0 Å². The highest BCUT2D eigenvalue weighted by Gasteiger charge is 2.32. The number of fused-ring (bicyclic) bond motifs is 3. The molecule has 0 aromatic carbocycles. The second kappa shape index (κ2) is 3.86. The van der Waals surface area contributed by atoms with Gasteiger partial charge in [0.1, 0.15) is 5.82 Å². The van der Waals surface area contributed by atoms with Gasteiger partial charge >= 0.3 is 0 Å². The first-order valence-electron chi connectivity index (χ1n) is 7.16. The van der Waals surface area contributed by atoms with Crippen LogP contribution in [0.15, 0.2) is 0 Å². The summed E-state index contributed by atoms with van der Waals surface area (Å²) in [5.41, 5.74) is 2.98. The van der Waals surface area contributed by atoms with Crippen molar-refractivity contribution in [2.45, 2.75) is 65.3 Å². The minimum atomic E-state index is 0.654. The Morgan fingerprint density at radius 1 is 1.00 bits per heavy atom. The molecule has 2 nitrogen and oxygen atoms in total. The molecule has 0 fully saturated rings. The highest BCUT2D eigenvalue weighted by Crippen LogP contribution is 2.40. The lowest BCUT2D eigenvalue weighted by atomic mass is 9.83. The molecule has 2 aliphatic rings. The van der Waals surface area contributed by atoms with Crippen molar-refractivity contribution in [3.63, 3.8) is 0 Å². The van der Waals surface area contributed by atoms with Crippen LogP contribution in [0.4, 0.5) is 0 Å². The molecule has 0 saturated heterocycles. The molecular weight excluding hydrogens is 208 g/mol. The van der Waals surface area contributed by atoms with Crippen molar-refractivity contribution in [3.05, 3.63) is 17.2 Å². The van der Waals surface area contributed by atoms with Crippen LogP contribution < -0.4 is 0 Å².